The third kappa shape index (κ3) is 1.66. The quantitative estimate of drug-likeness (QED) is 0.797. The van der Waals surface area contributed by atoms with E-state index in [9.17, 15) is 5.11 Å². The van der Waals surface area contributed by atoms with Crippen LogP contribution < -0.4 is 5.73 Å². The van der Waals surface area contributed by atoms with Gasteiger partial charge >= 0.3 is 5.72 Å². The maximum absolute atomic E-state index is 9.47. The molecule has 1 saturated heterocycles. The van der Waals surface area contributed by atoms with Crippen LogP contribution >= 0.6 is 0 Å². The molecule has 0 spiro atoms. The van der Waals surface area contributed by atoms with Crippen LogP contribution in [0.1, 0.15) is 25.1 Å². The molecule has 0 unspecified atom stereocenters. The maximum Gasteiger partial charge on any atom is 0.363 e. The molecular formula is C13H15N5O2. The Labute approximate surface area is 115 Å². The van der Waals surface area contributed by atoms with E-state index in [0.29, 0.717) is 17.8 Å². The Morgan fingerprint density at radius 3 is 3.10 bits per heavy atom. The van der Waals surface area contributed by atoms with Gasteiger partial charge in [-0.2, -0.15) is 5.10 Å². The van der Waals surface area contributed by atoms with Crippen molar-refractivity contribution in [1.82, 2.24) is 14.6 Å². The molecule has 3 rings (SSSR count). The van der Waals surface area contributed by atoms with E-state index in [2.05, 4.69) is 14.9 Å². The fraction of sp³-hybridized carbons (Fsp3) is 0.462. The smallest absolute Gasteiger partial charge is 0.363 e. The number of aliphatic hydroxyl groups excluding tert-OH is 1. The molecule has 0 aliphatic carbocycles. The highest BCUT2D eigenvalue weighted by atomic mass is 16.5. The van der Waals surface area contributed by atoms with Crippen LogP contribution in [-0.4, -0.2) is 32.0 Å². The fourth-order valence-electron chi connectivity index (χ4n) is 2.68. The third-order valence-electron chi connectivity index (χ3n) is 3.94. The van der Waals surface area contributed by atoms with E-state index in [1.807, 2.05) is 19.1 Å². The number of rotatable bonds is 2. The second-order valence-electron chi connectivity index (χ2n) is 5.06. The number of anilines is 1. The summed E-state index contributed by atoms with van der Waals surface area (Å²) in [6.07, 6.45) is 1.75. The number of aliphatic hydroxyl groups is 1. The SMILES string of the molecule is [C-]#[N+][C@]1(CO)O[C@@H](c2ccc3c(N)ncnn23)C[C@@H]1C. The van der Waals surface area contributed by atoms with Crippen molar-refractivity contribution in [2.24, 2.45) is 5.92 Å². The molecule has 0 amide bonds. The van der Waals surface area contributed by atoms with Crippen LogP contribution in [0.2, 0.25) is 0 Å². The minimum Gasteiger partial charge on any atom is -0.385 e. The summed E-state index contributed by atoms with van der Waals surface area (Å²) in [6, 6.07) is 3.70. The van der Waals surface area contributed by atoms with Crippen LogP contribution in [0.25, 0.3) is 10.4 Å². The Balaban J connectivity index is 2.02. The highest BCUT2D eigenvalue weighted by Gasteiger charge is 2.53. The van der Waals surface area contributed by atoms with Gasteiger partial charge in [-0.1, -0.05) is 6.92 Å². The Morgan fingerprint density at radius 1 is 1.65 bits per heavy atom. The zero-order valence-electron chi connectivity index (χ0n) is 11.0. The van der Waals surface area contributed by atoms with Crippen molar-refractivity contribution in [3.8, 4) is 0 Å². The van der Waals surface area contributed by atoms with E-state index >= 15 is 0 Å². The highest BCUT2D eigenvalue weighted by Crippen LogP contribution is 2.44. The van der Waals surface area contributed by atoms with Crippen molar-refractivity contribution in [2.75, 3.05) is 12.3 Å². The monoisotopic (exact) mass is 273 g/mol. The molecule has 0 radical (unpaired) electrons. The van der Waals surface area contributed by atoms with Gasteiger partial charge in [-0.3, -0.25) is 9.58 Å². The molecule has 104 valence electrons. The van der Waals surface area contributed by atoms with Gasteiger partial charge in [0.25, 0.3) is 0 Å². The minimum absolute atomic E-state index is 0.0558. The van der Waals surface area contributed by atoms with Crippen LogP contribution in [-0.2, 0) is 4.74 Å². The molecule has 2 aromatic rings. The van der Waals surface area contributed by atoms with Crippen LogP contribution in [0, 0.1) is 12.5 Å². The topological polar surface area (TPSA) is 90.0 Å². The summed E-state index contributed by atoms with van der Waals surface area (Å²) in [5.41, 5.74) is 6.17. The van der Waals surface area contributed by atoms with Crippen molar-refractivity contribution in [2.45, 2.75) is 25.2 Å². The largest absolute Gasteiger partial charge is 0.385 e. The molecule has 3 N–H and O–H groups in total. The van der Waals surface area contributed by atoms with Crippen LogP contribution in [0.5, 0.6) is 0 Å². The van der Waals surface area contributed by atoms with Gasteiger partial charge < -0.3 is 10.8 Å². The van der Waals surface area contributed by atoms with E-state index in [1.165, 1.54) is 6.33 Å². The predicted octanol–water partition coefficient (Wildman–Crippen LogP) is 1.02. The van der Waals surface area contributed by atoms with Gasteiger partial charge in [-0.05, 0) is 18.6 Å². The summed E-state index contributed by atoms with van der Waals surface area (Å²) in [7, 11) is 0. The number of nitrogens with two attached hydrogens (primary N) is 1. The third-order valence-corrected chi connectivity index (χ3v) is 3.94. The molecule has 20 heavy (non-hydrogen) atoms. The van der Waals surface area contributed by atoms with Crippen molar-refractivity contribution < 1.29 is 9.84 Å². The van der Waals surface area contributed by atoms with E-state index in [-0.39, 0.29) is 18.6 Å². The Kier molecular flexibility index (Phi) is 2.85. The van der Waals surface area contributed by atoms with Gasteiger partial charge in [0.15, 0.2) is 5.82 Å². The Morgan fingerprint density at radius 2 is 2.45 bits per heavy atom. The number of hydrogen-bond donors (Lipinski definition) is 2. The molecule has 1 fully saturated rings. The average molecular weight is 273 g/mol. The summed E-state index contributed by atoms with van der Waals surface area (Å²) < 4.78 is 7.50. The molecule has 3 heterocycles. The number of fused-ring (bicyclic) bond motifs is 1. The molecule has 2 aromatic heterocycles. The zero-order valence-corrected chi connectivity index (χ0v) is 11.0. The number of nitrogens with zero attached hydrogens (tertiary/aromatic N) is 4. The van der Waals surface area contributed by atoms with Gasteiger partial charge in [0.05, 0.1) is 11.6 Å². The lowest BCUT2D eigenvalue weighted by atomic mass is 9.96. The van der Waals surface area contributed by atoms with E-state index < -0.39 is 5.72 Å². The summed E-state index contributed by atoms with van der Waals surface area (Å²) in [4.78, 5) is 7.43. The standard InChI is InChI=1S/C13H15N5O2/c1-8-5-11(20-13(8,6-19)15-2)9-3-4-10-12(14)16-7-17-18(9)10/h3-4,7-8,11,19H,5-6H2,1H3,(H2,14,16,17)/t8-,11+,13+/m0/s1. The van der Waals surface area contributed by atoms with Crippen molar-refractivity contribution in [3.05, 3.63) is 35.6 Å². The Hall–Kier alpha value is -2.17. The van der Waals surface area contributed by atoms with Crippen LogP contribution in [0.3, 0.4) is 0 Å². The van der Waals surface area contributed by atoms with E-state index in [4.69, 9.17) is 17.0 Å². The highest BCUT2D eigenvalue weighted by molar-refractivity contribution is 5.65. The molecule has 0 bridgehead atoms. The summed E-state index contributed by atoms with van der Waals surface area (Å²) >= 11 is 0. The summed E-state index contributed by atoms with van der Waals surface area (Å²) in [5, 5.41) is 13.6. The van der Waals surface area contributed by atoms with Crippen molar-refractivity contribution >= 4 is 11.3 Å². The number of nitrogen functional groups attached to an aromatic ring is 1. The van der Waals surface area contributed by atoms with Gasteiger partial charge in [-0.15, -0.1) is 0 Å². The molecule has 1 aliphatic heterocycles. The molecule has 7 nitrogen and oxygen atoms in total. The molecule has 7 heteroatoms. The van der Waals surface area contributed by atoms with Gasteiger partial charge in [-0.25, -0.2) is 16.1 Å². The lowest BCUT2D eigenvalue weighted by molar-refractivity contribution is -0.0588. The first-order chi connectivity index (χ1) is 9.61. The normalized spacial score (nSPS) is 29.6. The van der Waals surface area contributed by atoms with Crippen LogP contribution in [0.15, 0.2) is 18.5 Å². The van der Waals surface area contributed by atoms with E-state index in [0.717, 1.165) is 5.69 Å². The molecular weight excluding hydrogens is 258 g/mol. The van der Waals surface area contributed by atoms with Gasteiger partial charge in [0, 0.05) is 0 Å². The lowest BCUT2D eigenvalue weighted by Gasteiger charge is -2.17. The first-order valence-corrected chi connectivity index (χ1v) is 6.36. The number of aromatic nitrogens is 3. The lowest BCUT2D eigenvalue weighted by Crippen LogP contribution is -2.34. The first-order valence-electron chi connectivity index (χ1n) is 6.36. The number of hydrogen-bond acceptors (Lipinski definition) is 5. The zero-order chi connectivity index (χ0) is 14.3. The molecule has 1 aliphatic rings. The van der Waals surface area contributed by atoms with Gasteiger partial charge in [0.1, 0.15) is 24.6 Å². The summed E-state index contributed by atoms with van der Waals surface area (Å²) in [5.74, 6) is 0.343. The maximum atomic E-state index is 9.47. The predicted molar refractivity (Wildman–Crippen MR) is 71.4 cm³/mol. The molecule has 0 saturated carbocycles. The van der Waals surface area contributed by atoms with Crippen LogP contribution in [0.4, 0.5) is 5.82 Å². The average Bonchev–Trinajstić information content (AvgIpc) is 3.01. The number of ether oxygens (including phenoxy) is 1. The first kappa shape index (κ1) is 12.8. The van der Waals surface area contributed by atoms with Crippen molar-refractivity contribution in [1.29, 1.82) is 0 Å². The second-order valence-corrected chi connectivity index (χ2v) is 5.06. The van der Waals surface area contributed by atoms with Gasteiger partial charge in [0.2, 0.25) is 0 Å². The summed E-state index contributed by atoms with van der Waals surface area (Å²) in [6.45, 7) is 8.88. The minimum atomic E-state index is -1.16. The molecule has 3 atom stereocenters. The fourth-order valence-corrected chi connectivity index (χ4v) is 2.68. The Bertz CT molecular complexity index is 692. The molecule has 0 aromatic carbocycles. The van der Waals surface area contributed by atoms with E-state index in [1.54, 1.807) is 4.52 Å². The van der Waals surface area contributed by atoms with Crippen molar-refractivity contribution in [3.63, 3.8) is 0 Å². The second kappa shape index (κ2) is 4.44.